The van der Waals surface area contributed by atoms with Gasteiger partial charge >= 0.3 is 5.97 Å². The van der Waals surface area contributed by atoms with Crippen molar-refractivity contribution in [2.75, 3.05) is 19.6 Å². The van der Waals surface area contributed by atoms with Gasteiger partial charge in [-0.05, 0) is 12.5 Å². The van der Waals surface area contributed by atoms with Crippen LogP contribution in [-0.4, -0.2) is 53.5 Å². The minimum Gasteiger partial charge on any atom is -0.481 e. The zero-order chi connectivity index (χ0) is 13.7. The molecule has 0 aromatic carbocycles. The Balaban J connectivity index is 2.72. The van der Waals surface area contributed by atoms with Crippen LogP contribution in [0.3, 0.4) is 0 Å². The number of hydrogen-bond acceptors (Lipinski definition) is 4. The molecule has 2 amide bonds. The summed E-state index contributed by atoms with van der Waals surface area (Å²) in [6.07, 6.45) is -0.130. The first kappa shape index (κ1) is 14.4. The van der Waals surface area contributed by atoms with Gasteiger partial charge in [-0.25, -0.2) is 0 Å². The maximum atomic E-state index is 12.0. The highest BCUT2D eigenvalue weighted by Crippen LogP contribution is 2.13. The molecular weight excluding hydrogens is 238 g/mol. The van der Waals surface area contributed by atoms with Gasteiger partial charge in [0, 0.05) is 19.5 Å². The number of amides is 2. The predicted octanol–water partition coefficient (Wildman–Crippen LogP) is -1.23. The average molecular weight is 257 g/mol. The number of carbonyl (C=O) groups is 3. The average Bonchev–Trinajstić information content (AvgIpc) is 2.30. The minimum atomic E-state index is -1.10. The largest absolute Gasteiger partial charge is 0.481 e. The van der Waals surface area contributed by atoms with Gasteiger partial charge in [0.2, 0.25) is 11.8 Å². The summed E-state index contributed by atoms with van der Waals surface area (Å²) in [5.41, 5.74) is 5.45. The Morgan fingerprint density at radius 1 is 1.61 bits per heavy atom. The van der Waals surface area contributed by atoms with E-state index in [0.717, 1.165) is 0 Å². The zero-order valence-electron chi connectivity index (χ0n) is 10.4. The van der Waals surface area contributed by atoms with Gasteiger partial charge in [-0.3, -0.25) is 14.4 Å². The molecular formula is C11H19N3O4. The Morgan fingerprint density at radius 2 is 2.28 bits per heavy atom. The maximum absolute atomic E-state index is 12.0. The number of rotatable bonds is 5. The Kier molecular flexibility index (Phi) is 5.08. The number of carboxylic acid groups (broad SMARTS) is 1. The van der Waals surface area contributed by atoms with Crippen LogP contribution in [0.1, 0.15) is 19.8 Å². The maximum Gasteiger partial charge on any atom is 0.305 e. The third kappa shape index (κ3) is 3.69. The smallest absolute Gasteiger partial charge is 0.305 e. The molecule has 18 heavy (non-hydrogen) atoms. The molecule has 1 saturated heterocycles. The molecule has 1 heterocycles. The SMILES string of the molecule is CC(CN)CC(=O)N1CCNC(=O)C1CC(=O)O. The lowest BCUT2D eigenvalue weighted by Crippen LogP contribution is -2.58. The van der Waals surface area contributed by atoms with E-state index in [4.69, 9.17) is 10.8 Å². The van der Waals surface area contributed by atoms with Crippen molar-refractivity contribution in [2.45, 2.75) is 25.8 Å². The number of carbonyl (C=O) groups excluding carboxylic acids is 2. The normalized spacial score (nSPS) is 21.3. The van der Waals surface area contributed by atoms with E-state index in [1.807, 2.05) is 6.92 Å². The molecule has 7 heteroatoms. The summed E-state index contributed by atoms with van der Waals surface area (Å²) < 4.78 is 0. The zero-order valence-corrected chi connectivity index (χ0v) is 10.4. The van der Waals surface area contributed by atoms with Crippen LogP contribution in [0, 0.1) is 5.92 Å². The highest BCUT2D eigenvalue weighted by Gasteiger charge is 2.34. The summed E-state index contributed by atoms with van der Waals surface area (Å²) in [6, 6.07) is -0.909. The van der Waals surface area contributed by atoms with Crippen LogP contribution < -0.4 is 11.1 Å². The topological polar surface area (TPSA) is 113 Å². The molecule has 0 aliphatic carbocycles. The fourth-order valence-electron chi connectivity index (χ4n) is 1.88. The van der Waals surface area contributed by atoms with Gasteiger partial charge < -0.3 is 21.1 Å². The van der Waals surface area contributed by atoms with E-state index < -0.39 is 17.9 Å². The monoisotopic (exact) mass is 257 g/mol. The molecule has 0 bridgehead atoms. The van der Waals surface area contributed by atoms with Crippen LogP contribution in [0.5, 0.6) is 0 Å². The molecule has 0 aromatic rings. The molecule has 0 spiro atoms. The molecule has 2 atom stereocenters. The summed E-state index contributed by atoms with van der Waals surface area (Å²) in [7, 11) is 0. The van der Waals surface area contributed by atoms with E-state index in [0.29, 0.717) is 19.6 Å². The lowest BCUT2D eigenvalue weighted by molar-refractivity contribution is -0.149. The number of hydrogen-bond donors (Lipinski definition) is 3. The first-order chi connectivity index (χ1) is 8.45. The molecule has 0 aromatic heterocycles. The van der Waals surface area contributed by atoms with Gasteiger partial charge in [0.1, 0.15) is 6.04 Å². The molecule has 2 unspecified atom stereocenters. The van der Waals surface area contributed by atoms with Gasteiger partial charge in [0.05, 0.1) is 6.42 Å². The van der Waals surface area contributed by atoms with Gasteiger partial charge in [0.15, 0.2) is 0 Å². The van der Waals surface area contributed by atoms with Crippen molar-refractivity contribution >= 4 is 17.8 Å². The second-order valence-corrected chi connectivity index (χ2v) is 4.54. The first-order valence-corrected chi connectivity index (χ1v) is 5.94. The molecule has 1 aliphatic rings. The summed E-state index contributed by atoms with van der Waals surface area (Å²) in [6.45, 7) is 2.93. The van der Waals surface area contributed by atoms with Crippen LogP contribution in [-0.2, 0) is 14.4 Å². The van der Waals surface area contributed by atoms with Crippen molar-refractivity contribution in [3.63, 3.8) is 0 Å². The van der Waals surface area contributed by atoms with E-state index >= 15 is 0 Å². The third-order valence-electron chi connectivity index (χ3n) is 2.94. The predicted molar refractivity (Wildman–Crippen MR) is 63.6 cm³/mol. The summed E-state index contributed by atoms with van der Waals surface area (Å²) in [5.74, 6) is -1.69. The Hall–Kier alpha value is -1.63. The van der Waals surface area contributed by atoms with Crippen molar-refractivity contribution in [1.29, 1.82) is 0 Å². The van der Waals surface area contributed by atoms with Crippen LogP contribution in [0.2, 0.25) is 0 Å². The van der Waals surface area contributed by atoms with E-state index in [1.165, 1.54) is 4.90 Å². The van der Waals surface area contributed by atoms with Gasteiger partial charge in [-0.2, -0.15) is 0 Å². The molecule has 1 rings (SSSR count). The van der Waals surface area contributed by atoms with E-state index in [2.05, 4.69) is 5.32 Å². The van der Waals surface area contributed by atoms with E-state index in [1.54, 1.807) is 0 Å². The lowest BCUT2D eigenvalue weighted by atomic mass is 10.0. The summed E-state index contributed by atoms with van der Waals surface area (Å²) in [5, 5.41) is 11.3. The number of nitrogens with two attached hydrogens (primary N) is 1. The van der Waals surface area contributed by atoms with Crippen molar-refractivity contribution < 1.29 is 19.5 Å². The van der Waals surface area contributed by atoms with E-state index in [-0.39, 0.29) is 24.7 Å². The molecule has 7 nitrogen and oxygen atoms in total. The Labute approximate surface area is 105 Å². The molecule has 0 radical (unpaired) electrons. The summed E-state index contributed by atoms with van der Waals surface area (Å²) >= 11 is 0. The van der Waals surface area contributed by atoms with Crippen LogP contribution in [0.4, 0.5) is 0 Å². The molecule has 4 N–H and O–H groups in total. The van der Waals surface area contributed by atoms with Gasteiger partial charge in [0.25, 0.3) is 0 Å². The standard InChI is InChI=1S/C11H19N3O4/c1-7(6-12)4-9(15)14-3-2-13-11(18)8(14)5-10(16)17/h7-8H,2-6,12H2,1H3,(H,13,18)(H,16,17). The number of piperazine rings is 1. The first-order valence-electron chi connectivity index (χ1n) is 5.94. The number of carboxylic acids is 1. The highest BCUT2D eigenvalue weighted by atomic mass is 16.4. The van der Waals surface area contributed by atoms with Crippen LogP contribution in [0.25, 0.3) is 0 Å². The van der Waals surface area contributed by atoms with Gasteiger partial charge in [-0.15, -0.1) is 0 Å². The second-order valence-electron chi connectivity index (χ2n) is 4.54. The number of aliphatic carboxylic acids is 1. The summed E-state index contributed by atoms with van der Waals surface area (Å²) in [4.78, 5) is 35.7. The third-order valence-corrected chi connectivity index (χ3v) is 2.94. The molecule has 1 aliphatic heterocycles. The van der Waals surface area contributed by atoms with Gasteiger partial charge in [-0.1, -0.05) is 6.92 Å². The van der Waals surface area contributed by atoms with Crippen molar-refractivity contribution in [2.24, 2.45) is 11.7 Å². The van der Waals surface area contributed by atoms with Crippen LogP contribution in [0.15, 0.2) is 0 Å². The number of nitrogens with zero attached hydrogens (tertiary/aromatic N) is 1. The van der Waals surface area contributed by atoms with Crippen molar-refractivity contribution in [3.05, 3.63) is 0 Å². The fourth-order valence-corrected chi connectivity index (χ4v) is 1.88. The van der Waals surface area contributed by atoms with Crippen LogP contribution >= 0.6 is 0 Å². The Morgan fingerprint density at radius 3 is 2.83 bits per heavy atom. The molecule has 102 valence electrons. The molecule has 0 saturated carbocycles. The van der Waals surface area contributed by atoms with E-state index in [9.17, 15) is 14.4 Å². The highest BCUT2D eigenvalue weighted by molar-refractivity contribution is 5.91. The fraction of sp³-hybridized carbons (Fsp3) is 0.727. The minimum absolute atomic E-state index is 0.0213. The van der Waals surface area contributed by atoms with Crippen molar-refractivity contribution in [1.82, 2.24) is 10.2 Å². The number of nitrogens with one attached hydrogen (secondary N) is 1. The molecule has 1 fully saturated rings. The van der Waals surface area contributed by atoms with Crippen molar-refractivity contribution in [3.8, 4) is 0 Å². The lowest BCUT2D eigenvalue weighted by Gasteiger charge is -2.34. The quantitative estimate of drug-likeness (QED) is 0.571. The Bertz CT molecular complexity index is 345. The second kappa shape index (κ2) is 6.34.